The van der Waals surface area contributed by atoms with Crippen molar-refractivity contribution in [2.45, 2.75) is 57.9 Å². The summed E-state index contributed by atoms with van der Waals surface area (Å²) >= 11 is 1.80. The van der Waals surface area contributed by atoms with Crippen LogP contribution < -0.4 is 5.32 Å². The van der Waals surface area contributed by atoms with Gasteiger partial charge >= 0.3 is 0 Å². The molecule has 0 aliphatic carbocycles. The molecule has 4 heteroatoms. The first-order chi connectivity index (χ1) is 7.72. The van der Waals surface area contributed by atoms with Gasteiger partial charge in [-0.1, -0.05) is 0 Å². The van der Waals surface area contributed by atoms with Crippen LogP contribution in [-0.2, 0) is 11.3 Å². The van der Waals surface area contributed by atoms with Gasteiger partial charge in [0, 0.05) is 17.5 Å². The van der Waals surface area contributed by atoms with E-state index in [0.29, 0.717) is 18.2 Å². The van der Waals surface area contributed by atoms with Crippen LogP contribution in [0.1, 0.15) is 34.8 Å². The van der Waals surface area contributed by atoms with Crippen LogP contribution in [0.2, 0.25) is 0 Å². The zero-order chi connectivity index (χ0) is 11.1. The van der Waals surface area contributed by atoms with Gasteiger partial charge in [-0.2, -0.15) is 0 Å². The first-order valence-electron chi connectivity index (χ1n) is 6.04. The van der Waals surface area contributed by atoms with E-state index in [1.807, 2.05) is 0 Å². The molecule has 2 saturated heterocycles. The minimum atomic E-state index is 0.465. The van der Waals surface area contributed by atoms with E-state index >= 15 is 0 Å². The van der Waals surface area contributed by atoms with Gasteiger partial charge in [0.2, 0.25) is 0 Å². The number of hydrogen-bond acceptors (Lipinski definition) is 4. The predicted octanol–water partition coefficient (Wildman–Crippen LogP) is 2.17. The van der Waals surface area contributed by atoms with Crippen LogP contribution >= 0.6 is 11.3 Å². The van der Waals surface area contributed by atoms with Crippen LogP contribution in [0, 0.1) is 13.8 Å². The molecule has 16 heavy (non-hydrogen) atoms. The van der Waals surface area contributed by atoms with E-state index in [1.54, 1.807) is 11.3 Å². The van der Waals surface area contributed by atoms with E-state index in [9.17, 15) is 0 Å². The Labute approximate surface area is 100 Å². The highest BCUT2D eigenvalue weighted by Gasteiger charge is 2.40. The van der Waals surface area contributed by atoms with Gasteiger partial charge in [-0.3, -0.25) is 0 Å². The Hall–Kier alpha value is -0.450. The van der Waals surface area contributed by atoms with E-state index in [-0.39, 0.29) is 0 Å². The molecule has 2 aliphatic rings. The lowest BCUT2D eigenvalue weighted by Gasteiger charge is -2.19. The number of thiazole rings is 1. The van der Waals surface area contributed by atoms with Crippen LogP contribution in [0.3, 0.4) is 0 Å². The molecule has 1 N–H and O–H groups in total. The molecule has 1 aromatic rings. The predicted molar refractivity (Wildman–Crippen MR) is 64.7 cm³/mol. The molecule has 0 aromatic carbocycles. The maximum atomic E-state index is 5.82. The second kappa shape index (κ2) is 4.09. The highest BCUT2D eigenvalue weighted by molar-refractivity contribution is 7.11. The zero-order valence-corrected chi connectivity index (χ0v) is 10.6. The number of fused-ring (bicyclic) bond motifs is 2. The fourth-order valence-electron chi connectivity index (χ4n) is 2.69. The number of rotatable bonds is 3. The summed E-state index contributed by atoms with van der Waals surface area (Å²) in [4.78, 5) is 5.88. The van der Waals surface area contributed by atoms with Gasteiger partial charge < -0.3 is 10.1 Å². The lowest BCUT2D eigenvalue weighted by molar-refractivity contribution is 0.0973. The molecule has 3 heterocycles. The Morgan fingerprint density at radius 1 is 1.44 bits per heavy atom. The fraction of sp³-hybridized carbons (Fsp3) is 0.750. The van der Waals surface area contributed by atoms with Gasteiger partial charge in [0.15, 0.2) is 0 Å². The van der Waals surface area contributed by atoms with Crippen LogP contribution in [0.4, 0.5) is 0 Å². The molecule has 2 bridgehead atoms. The number of ether oxygens (including phenoxy) is 1. The molecule has 88 valence electrons. The highest BCUT2D eigenvalue weighted by Crippen LogP contribution is 2.34. The number of nitrogens with zero attached hydrogens (tertiary/aromatic N) is 1. The maximum absolute atomic E-state index is 5.82. The summed E-state index contributed by atoms with van der Waals surface area (Å²) in [6, 6.07) is 0.559. The van der Waals surface area contributed by atoms with Gasteiger partial charge in [0.25, 0.3) is 0 Å². The Balaban J connectivity index is 1.57. The molecule has 1 aromatic heterocycles. The Morgan fingerprint density at radius 2 is 2.31 bits per heavy atom. The number of nitrogens with one attached hydrogen (secondary N) is 1. The first kappa shape index (κ1) is 10.7. The van der Waals surface area contributed by atoms with E-state index in [2.05, 4.69) is 24.1 Å². The largest absolute Gasteiger partial charge is 0.373 e. The summed E-state index contributed by atoms with van der Waals surface area (Å²) < 4.78 is 5.82. The minimum absolute atomic E-state index is 0.465. The summed E-state index contributed by atoms with van der Waals surface area (Å²) in [5.74, 6) is 0. The third-order valence-electron chi connectivity index (χ3n) is 3.69. The second-order valence-electron chi connectivity index (χ2n) is 4.85. The van der Waals surface area contributed by atoms with Crippen molar-refractivity contribution >= 4 is 11.3 Å². The number of aromatic nitrogens is 1. The molecule has 2 fully saturated rings. The molecular weight excluding hydrogens is 220 g/mol. The van der Waals surface area contributed by atoms with Gasteiger partial charge in [-0.15, -0.1) is 11.3 Å². The van der Waals surface area contributed by atoms with E-state index < -0.39 is 0 Å². The summed E-state index contributed by atoms with van der Waals surface area (Å²) in [7, 11) is 0. The molecule has 0 amide bonds. The van der Waals surface area contributed by atoms with Crippen molar-refractivity contribution in [2.24, 2.45) is 0 Å². The summed E-state index contributed by atoms with van der Waals surface area (Å²) in [5, 5.41) is 4.80. The van der Waals surface area contributed by atoms with E-state index in [1.165, 1.54) is 34.8 Å². The molecule has 0 saturated carbocycles. The number of hydrogen-bond donors (Lipinski definition) is 1. The van der Waals surface area contributed by atoms with Crippen LogP contribution in [0.25, 0.3) is 0 Å². The Morgan fingerprint density at radius 3 is 2.88 bits per heavy atom. The molecule has 0 radical (unpaired) electrons. The van der Waals surface area contributed by atoms with Gasteiger partial charge in [0.1, 0.15) is 5.01 Å². The Bertz CT molecular complexity index is 371. The van der Waals surface area contributed by atoms with Crippen molar-refractivity contribution in [3.05, 3.63) is 15.6 Å². The van der Waals surface area contributed by atoms with Gasteiger partial charge in [-0.05, 0) is 33.1 Å². The van der Waals surface area contributed by atoms with Crippen molar-refractivity contribution in [2.75, 3.05) is 0 Å². The van der Waals surface area contributed by atoms with Gasteiger partial charge in [0.05, 0.1) is 17.9 Å². The lowest BCUT2D eigenvalue weighted by Crippen LogP contribution is -2.36. The summed E-state index contributed by atoms with van der Waals surface area (Å²) in [5.41, 5.74) is 1.17. The molecular formula is C12H18N2OS. The molecule has 0 spiro atoms. The highest BCUT2D eigenvalue weighted by atomic mass is 32.1. The lowest BCUT2D eigenvalue weighted by atomic mass is 9.95. The fourth-order valence-corrected chi connectivity index (χ4v) is 3.57. The molecule has 3 rings (SSSR count). The van der Waals surface area contributed by atoms with Crippen molar-refractivity contribution in [1.82, 2.24) is 10.3 Å². The molecule has 3 nitrogen and oxygen atoms in total. The molecule has 3 atom stereocenters. The summed E-state index contributed by atoms with van der Waals surface area (Å²) in [6.45, 7) is 5.11. The Kier molecular flexibility index (Phi) is 2.73. The average Bonchev–Trinajstić information content (AvgIpc) is 2.92. The van der Waals surface area contributed by atoms with E-state index in [4.69, 9.17) is 4.74 Å². The number of aryl methyl sites for hydroxylation is 2. The quantitative estimate of drug-likeness (QED) is 0.876. The van der Waals surface area contributed by atoms with Crippen molar-refractivity contribution in [3.8, 4) is 0 Å². The third-order valence-corrected chi connectivity index (χ3v) is 4.77. The second-order valence-corrected chi connectivity index (χ2v) is 6.13. The maximum Gasteiger partial charge on any atom is 0.107 e. The normalized spacial score (nSPS) is 32.5. The molecule has 2 aliphatic heterocycles. The topological polar surface area (TPSA) is 34.2 Å². The van der Waals surface area contributed by atoms with Crippen molar-refractivity contribution in [1.29, 1.82) is 0 Å². The average molecular weight is 238 g/mol. The van der Waals surface area contributed by atoms with Gasteiger partial charge in [-0.25, -0.2) is 4.98 Å². The van der Waals surface area contributed by atoms with E-state index in [0.717, 1.165) is 6.54 Å². The zero-order valence-electron chi connectivity index (χ0n) is 9.82. The standard InChI is InChI=1S/C12H18N2OS/c1-7-8(2)16-12(14-7)6-13-10-5-9-3-4-11(10)15-9/h9-11,13H,3-6H2,1-2H3. The molecule has 3 unspecified atom stereocenters. The summed E-state index contributed by atoms with van der Waals surface area (Å²) in [6.07, 6.45) is 4.68. The van der Waals surface area contributed by atoms with Crippen LogP contribution in [0.5, 0.6) is 0 Å². The van der Waals surface area contributed by atoms with Crippen LogP contribution in [0.15, 0.2) is 0 Å². The monoisotopic (exact) mass is 238 g/mol. The SMILES string of the molecule is Cc1nc(CNC2CC3CCC2O3)sc1C. The third kappa shape index (κ3) is 1.90. The van der Waals surface area contributed by atoms with Crippen LogP contribution in [-0.4, -0.2) is 23.2 Å². The van der Waals surface area contributed by atoms with Crippen molar-refractivity contribution in [3.63, 3.8) is 0 Å². The van der Waals surface area contributed by atoms with Crippen molar-refractivity contribution < 1.29 is 4.74 Å². The first-order valence-corrected chi connectivity index (χ1v) is 6.86. The minimum Gasteiger partial charge on any atom is -0.373 e. The smallest absolute Gasteiger partial charge is 0.107 e.